The van der Waals surface area contributed by atoms with Crippen LogP contribution in [0.15, 0.2) is 60.9 Å². The average molecular weight is 317 g/mol. The Morgan fingerprint density at radius 1 is 0.895 bits per heavy atom. The third-order valence-corrected chi connectivity index (χ3v) is 3.13. The summed E-state index contributed by atoms with van der Waals surface area (Å²) in [4.78, 5) is 0. The van der Waals surface area contributed by atoms with Crippen molar-refractivity contribution < 1.29 is 0 Å². The minimum Gasteiger partial charge on any atom is -0.246 e. The summed E-state index contributed by atoms with van der Waals surface area (Å²) in [6, 6.07) is 19.0. The number of aromatic amines is 1. The van der Waals surface area contributed by atoms with Gasteiger partial charge in [-0.2, -0.15) is 0 Å². The van der Waals surface area contributed by atoms with Gasteiger partial charge in [0.25, 0.3) is 0 Å². The van der Waals surface area contributed by atoms with Crippen molar-refractivity contribution >= 4 is 15.9 Å². The molecule has 0 saturated heterocycles. The monoisotopic (exact) mass is 316 g/mol. The topological polar surface area (TPSA) is 54.5 Å². The van der Waals surface area contributed by atoms with Gasteiger partial charge in [0.15, 0.2) is 0 Å². The van der Waals surface area contributed by atoms with Crippen molar-refractivity contribution in [1.82, 2.24) is 20.6 Å². The molecule has 1 aromatic heterocycles. The number of H-pyrrole nitrogens is 1. The van der Waals surface area contributed by atoms with E-state index >= 15 is 0 Å². The lowest BCUT2D eigenvalue weighted by atomic mass is 10.0. The number of halogens is 1. The Bertz CT molecular complexity index is 547. The first kappa shape index (κ1) is 13.4. The lowest BCUT2D eigenvalue weighted by Gasteiger charge is -2.01. The molecule has 0 amide bonds. The number of rotatable bonds is 2. The van der Waals surface area contributed by atoms with Crippen LogP contribution in [0.25, 0.3) is 11.1 Å². The van der Waals surface area contributed by atoms with Gasteiger partial charge in [-0.3, -0.25) is 0 Å². The first-order chi connectivity index (χ1) is 9.40. The highest BCUT2D eigenvalue weighted by Crippen LogP contribution is 2.19. The van der Waals surface area contributed by atoms with Crippen LogP contribution in [0.2, 0.25) is 0 Å². The lowest BCUT2D eigenvalue weighted by molar-refractivity contribution is 0.881. The average Bonchev–Trinajstić information content (AvgIpc) is 3.08. The van der Waals surface area contributed by atoms with Crippen LogP contribution in [0.4, 0.5) is 0 Å². The fourth-order valence-electron chi connectivity index (χ4n) is 1.55. The van der Waals surface area contributed by atoms with Crippen LogP contribution >= 0.6 is 15.9 Å². The van der Waals surface area contributed by atoms with Crippen molar-refractivity contribution in [3.8, 4) is 11.1 Å². The number of hydrogen-bond acceptors (Lipinski definition) is 3. The van der Waals surface area contributed by atoms with Crippen molar-refractivity contribution in [3.63, 3.8) is 0 Å². The number of alkyl halides is 1. The quantitative estimate of drug-likeness (QED) is 0.737. The largest absolute Gasteiger partial charge is 0.246 e. The van der Waals surface area contributed by atoms with Crippen molar-refractivity contribution in [2.45, 2.75) is 5.33 Å². The number of nitrogens with zero attached hydrogens (tertiary/aromatic N) is 3. The van der Waals surface area contributed by atoms with Gasteiger partial charge in [-0.1, -0.05) is 70.5 Å². The van der Waals surface area contributed by atoms with Crippen LogP contribution in [0, 0.1) is 0 Å². The molecular formula is C14H13BrN4. The van der Waals surface area contributed by atoms with Crippen molar-refractivity contribution in [3.05, 3.63) is 66.5 Å². The molecule has 0 spiro atoms. The molecule has 0 aliphatic carbocycles. The van der Waals surface area contributed by atoms with Gasteiger partial charge in [-0.25, -0.2) is 5.10 Å². The summed E-state index contributed by atoms with van der Waals surface area (Å²) < 4.78 is 0. The van der Waals surface area contributed by atoms with Crippen LogP contribution in [0.1, 0.15) is 5.56 Å². The Hall–Kier alpha value is -2.01. The predicted octanol–water partition coefficient (Wildman–Crippen LogP) is 3.45. The highest BCUT2D eigenvalue weighted by atomic mass is 79.9. The van der Waals surface area contributed by atoms with Gasteiger partial charge >= 0.3 is 0 Å². The van der Waals surface area contributed by atoms with Crippen LogP contribution in [0.5, 0.6) is 0 Å². The zero-order chi connectivity index (χ0) is 13.3. The SMILES string of the molecule is BrCc1ccc(-c2ccccc2)cc1.c1nnn[nH]1. The van der Waals surface area contributed by atoms with Crippen LogP contribution < -0.4 is 0 Å². The van der Waals surface area contributed by atoms with Gasteiger partial charge in [0.2, 0.25) is 0 Å². The summed E-state index contributed by atoms with van der Waals surface area (Å²) in [6.07, 6.45) is 1.40. The lowest BCUT2D eigenvalue weighted by Crippen LogP contribution is -1.79. The van der Waals surface area contributed by atoms with E-state index in [-0.39, 0.29) is 0 Å². The van der Waals surface area contributed by atoms with Crippen LogP contribution in [0.3, 0.4) is 0 Å². The van der Waals surface area contributed by atoms with Gasteiger partial charge < -0.3 is 0 Å². The second-order valence-electron chi connectivity index (χ2n) is 3.76. The van der Waals surface area contributed by atoms with E-state index < -0.39 is 0 Å². The number of benzene rings is 2. The molecular weight excluding hydrogens is 304 g/mol. The molecule has 1 heterocycles. The van der Waals surface area contributed by atoms with Crippen LogP contribution in [-0.4, -0.2) is 20.6 Å². The highest BCUT2D eigenvalue weighted by molar-refractivity contribution is 9.08. The van der Waals surface area contributed by atoms with E-state index in [2.05, 4.69) is 85.1 Å². The summed E-state index contributed by atoms with van der Waals surface area (Å²) in [5.41, 5.74) is 3.86. The van der Waals surface area contributed by atoms with Crippen molar-refractivity contribution in [2.24, 2.45) is 0 Å². The fourth-order valence-corrected chi connectivity index (χ4v) is 1.92. The first-order valence-electron chi connectivity index (χ1n) is 5.77. The Morgan fingerprint density at radius 3 is 2.05 bits per heavy atom. The second-order valence-corrected chi connectivity index (χ2v) is 4.32. The van der Waals surface area contributed by atoms with E-state index in [9.17, 15) is 0 Å². The molecule has 1 N–H and O–H groups in total. The zero-order valence-electron chi connectivity index (χ0n) is 10.2. The summed E-state index contributed by atoms with van der Waals surface area (Å²) in [5, 5.41) is 13.0. The molecule has 0 fully saturated rings. The molecule has 3 aromatic rings. The first-order valence-corrected chi connectivity index (χ1v) is 6.89. The standard InChI is InChI=1S/C13H11Br.CH2N4/c14-10-11-6-8-13(9-7-11)12-4-2-1-3-5-12;1-2-4-5-3-1/h1-9H,10H2;1H,(H,2,3,4,5). The number of hydrogen-bond donors (Lipinski definition) is 1. The molecule has 5 heteroatoms. The summed E-state index contributed by atoms with van der Waals surface area (Å²) in [5.74, 6) is 0. The molecule has 19 heavy (non-hydrogen) atoms. The maximum atomic E-state index is 3.44. The Morgan fingerprint density at radius 2 is 1.58 bits per heavy atom. The molecule has 0 unspecified atom stereocenters. The molecule has 0 aliphatic heterocycles. The van der Waals surface area contributed by atoms with E-state index in [1.807, 2.05) is 6.07 Å². The number of nitrogens with one attached hydrogen (secondary N) is 1. The van der Waals surface area contributed by atoms with Crippen molar-refractivity contribution in [2.75, 3.05) is 0 Å². The molecule has 0 bridgehead atoms. The van der Waals surface area contributed by atoms with E-state index in [0.29, 0.717) is 0 Å². The molecule has 0 atom stereocenters. The molecule has 0 aliphatic rings. The van der Waals surface area contributed by atoms with Gasteiger partial charge in [0, 0.05) is 5.33 Å². The third kappa shape index (κ3) is 4.30. The van der Waals surface area contributed by atoms with Gasteiger partial charge in [-0.05, 0) is 27.1 Å². The van der Waals surface area contributed by atoms with Gasteiger partial charge in [-0.15, -0.1) is 5.10 Å². The minimum atomic E-state index is 0.919. The normalized spacial score (nSPS) is 9.53. The number of aromatic nitrogens is 4. The molecule has 4 nitrogen and oxygen atoms in total. The summed E-state index contributed by atoms with van der Waals surface area (Å²) in [6.45, 7) is 0. The van der Waals surface area contributed by atoms with E-state index in [0.717, 1.165) is 5.33 Å². The molecule has 0 radical (unpaired) electrons. The highest BCUT2D eigenvalue weighted by Gasteiger charge is 1.95. The molecule has 96 valence electrons. The fraction of sp³-hybridized carbons (Fsp3) is 0.0714. The molecule has 3 rings (SSSR count). The van der Waals surface area contributed by atoms with E-state index in [1.165, 1.54) is 23.0 Å². The van der Waals surface area contributed by atoms with E-state index in [4.69, 9.17) is 0 Å². The number of tetrazole rings is 1. The van der Waals surface area contributed by atoms with Crippen LogP contribution in [-0.2, 0) is 5.33 Å². The smallest absolute Gasteiger partial charge is 0.135 e. The Balaban J connectivity index is 0.000000224. The Kier molecular flexibility index (Phi) is 5.25. The third-order valence-electron chi connectivity index (χ3n) is 2.48. The molecule has 0 saturated carbocycles. The van der Waals surface area contributed by atoms with Gasteiger partial charge in [0.1, 0.15) is 6.33 Å². The summed E-state index contributed by atoms with van der Waals surface area (Å²) >= 11 is 3.44. The zero-order valence-corrected chi connectivity index (χ0v) is 11.8. The van der Waals surface area contributed by atoms with Gasteiger partial charge in [0.05, 0.1) is 0 Å². The minimum absolute atomic E-state index is 0.919. The summed E-state index contributed by atoms with van der Waals surface area (Å²) in [7, 11) is 0. The maximum Gasteiger partial charge on any atom is 0.135 e. The van der Waals surface area contributed by atoms with Crippen molar-refractivity contribution in [1.29, 1.82) is 0 Å². The predicted molar refractivity (Wildman–Crippen MR) is 78.7 cm³/mol. The second kappa shape index (κ2) is 7.43. The Labute approximate surface area is 120 Å². The maximum absolute atomic E-state index is 3.44. The molecule has 2 aromatic carbocycles. The van der Waals surface area contributed by atoms with E-state index in [1.54, 1.807) is 0 Å².